The van der Waals surface area contributed by atoms with Crippen LogP contribution in [0, 0.1) is 13.8 Å². The molecule has 1 heterocycles. The zero-order valence-corrected chi connectivity index (χ0v) is 14.6. The zero-order valence-electron chi connectivity index (χ0n) is 14.6. The van der Waals surface area contributed by atoms with E-state index in [-0.39, 0.29) is 5.91 Å². The molecule has 122 valence electrons. The molecule has 24 heavy (non-hydrogen) atoms. The standard InChI is InChI=1S/C21H22N2O/c1-14(2)20-15(3)22-23(16(20)4)21(24)19-12-10-18(11-13-19)17-8-6-5-7-9-17/h5-14H,1-4H3. The average Bonchev–Trinajstić information content (AvgIpc) is 2.89. The summed E-state index contributed by atoms with van der Waals surface area (Å²) in [5.74, 6) is 0.272. The van der Waals surface area contributed by atoms with Gasteiger partial charge in [-0.05, 0) is 48.6 Å². The summed E-state index contributed by atoms with van der Waals surface area (Å²) in [4.78, 5) is 12.8. The number of benzene rings is 2. The summed E-state index contributed by atoms with van der Waals surface area (Å²) < 4.78 is 1.53. The van der Waals surface area contributed by atoms with Crippen LogP contribution in [0.2, 0.25) is 0 Å². The second-order valence-electron chi connectivity index (χ2n) is 6.40. The fraction of sp³-hybridized carbons (Fsp3) is 0.238. The van der Waals surface area contributed by atoms with E-state index in [1.165, 1.54) is 4.68 Å². The largest absolute Gasteiger partial charge is 0.278 e. The first-order valence-corrected chi connectivity index (χ1v) is 8.25. The number of hydrogen-bond donors (Lipinski definition) is 0. The van der Waals surface area contributed by atoms with Crippen molar-refractivity contribution in [2.75, 3.05) is 0 Å². The van der Waals surface area contributed by atoms with E-state index in [0.717, 1.165) is 28.1 Å². The van der Waals surface area contributed by atoms with Crippen LogP contribution in [-0.4, -0.2) is 15.7 Å². The van der Waals surface area contributed by atoms with Gasteiger partial charge in [-0.1, -0.05) is 56.3 Å². The van der Waals surface area contributed by atoms with Gasteiger partial charge in [0.2, 0.25) is 0 Å². The fourth-order valence-corrected chi connectivity index (χ4v) is 3.25. The third kappa shape index (κ3) is 2.90. The van der Waals surface area contributed by atoms with Crippen molar-refractivity contribution in [1.29, 1.82) is 0 Å². The molecule has 3 rings (SSSR count). The van der Waals surface area contributed by atoms with Gasteiger partial charge in [-0.15, -0.1) is 0 Å². The number of rotatable bonds is 3. The van der Waals surface area contributed by atoms with Gasteiger partial charge < -0.3 is 0 Å². The molecular weight excluding hydrogens is 296 g/mol. The molecule has 0 fully saturated rings. The highest BCUT2D eigenvalue weighted by molar-refractivity contribution is 5.96. The Morgan fingerprint density at radius 1 is 0.917 bits per heavy atom. The van der Waals surface area contributed by atoms with E-state index < -0.39 is 0 Å². The van der Waals surface area contributed by atoms with Crippen molar-refractivity contribution in [3.05, 3.63) is 77.1 Å². The lowest BCUT2D eigenvalue weighted by Gasteiger charge is -2.07. The zero-order chi connectivity index (χ0) is 17.3. The molecule has 0 atom stereocenters. The van der Waals surface area contributed by atoms with E-state index in [0.29, 0.717) is 11.5 Å². The van der Waals surface area contributed by atoms with E-state index in [4.69, 9.17) is 0 Å². The first-order valence-electron chi connectivity index (χ1n) is 8.25. The molecule has 0 amide bonds. The Morgan fingerprint density at radius 2 is 1.50 bits per heavy atom. The van der Waals surface area contributed by atoms with Crippen molar-refractivity contribution in [3.63, 3.8) is 0 Å². The van der Waals surface area contributed by atoms with E-state index in [9.17, 15) is 4.79 Å². The molecule has 0 aliphatic carbocycles. The van der Waals surface area contributed by atoms with Crippen LogP contribution < -0.4 is 0 Å². The lowest BCUT2D eigenvalue weighted by atomic mass is 10.0. The highest BCUT2D eigenvalue weighted by atomic mass is 16.2. The van der Waals surface area contributed by atoms with Gasteiger partial charge in [0.1, 0.15) is 0 Å². The quantitative estimate of drug-likeness (QED) is 0.682. The van der Waals surface area contributed by atoms with Crippen LogP contribution in [0.25, 0.3) is 11.1 Å². The van der Waals surface area contributed by atoms with Crippen molar-refractivity contribution >= 4 is 5.91 Å². The molecule has 3 heteroatoms. The van der Waals surface area contributed by atoms with Crippen LogP contribution >= 0.6 is 0 Å². The number of hydrogen-bond acceptors (Lipinski definition) is 2. The van der Waals surface area contributed by atoms with Gasteiger partial charge >= 0.3 is 0 Å². The first-order chi connectivity index (χ1) is 11.5. The normalized spacial score (nSPS) is 11.0. The van der Waals surface area contributed by atoms with Crippen LogP contribution in [-0.2, 0) is 0 Å². The van der Waals surface area contributed by atoms with Crippen LogP contribution in [0.3, 0.4) is 0 Å². The van der Waals surface area contributed by atoms with E-state index in [2.05, 4.69) is 31.1 Å². The summed E-state index contributed by atoms with van der Waals surface area (Å²) in [6.45, 7) is 8.18. The SMILES string of the molecule is Cc1nn(C(=O)c2ccc(-c3ccccc3)cc2)c(C)c1C(C)C. The van der Waals surface area contributed by atoms with Crippen molar-refractivity contribution in [1.82, 2.24) is 9.78 Å². The minimum atomic E-state index is -0.0814. The maximum atomic E-state index is 12.8. The molecular formula is C21H22N2O. The van der Waals surface area contributed by atoms with E-state index >= 15 is 0 Å². The van der Waals surface area contributed by atoms with Crippen molar-refractivity contribution in [2.45, 2.75) is 33.6 Å². The highest BCUT2D eigenvalue weighted by Crippen LogP contribution is 2.24. The smallest absolute Gasteiger partial charge is 0.267 e. The molecule has 0 aliphatic heterocycles. The topological polar surface area (TPSA) is 34.9 Å². The van der Waals surface area contributed by atoms with Gasteiger partial charge in [0.25, 0.3) is 5.91 Å². The summed E-state index contributed by atoms with van der Waals surface area (Å²) in [6.07, 6.45) is 0. The summed E-state index contributed by atoms with van der Waals surface area (Å²) in [5.41, 5.74) is 5.91. The Kier molecular flexibility index (Phi) is 4.34. The molecule has 0 unspecified atom stereocenters. The number of carbonyl (C=O) groups excluding carboxylic acids is 1. The Morgan fingerprint density at radius 3 is 2.04 bits per heavy atom. The number of aryl methyl sites for hydroxylation is 1. The maximum absolute atomic E-state index is 12.8. The molecule has 2 aromatic carbocycles. The fourth-order valence-electron chi connectivity index (χ4n) is 3.25. The Labute approximate surface area is 143 Å². The molecule has 0 aliphatic rings. The van der Waals surface area contributed by atoms with Gasteiger partial charge in [-0.2, -0.15) is 5.10 Å². The van der Waals surface area contributed by atoms with E-state index in [1.807, 2.05) is 56.3 Å². The summed E-state index contributed by atoms with van der Waals surface area (Å²) in [5, 5.41) is 4.46. The predicted octanol–water partition coefficient (Wildman–Crippen LogP) is 4.98. The van der Waals surface area contributed by atoms with Crippen LogP contribution in [0.4, 0.5) is 0 Å². The first kappa shape index (κ1) is 16.2. The minimum Gasteiger partial charge on any atom is -0.267 e. The van der Waals surface area contributed by atoms with E-state index in [1.54, 1.807) is 0 Å². The van der Waals surface area contributed by atoms with Crippen LogP contribution in [0.1, 0.15) is 47.1 Å². The average molecular weight is 318 g/mol. The lowest BCUT2D eigenvalue weighted by molar-refractivity contribution is 0.0942. The third-order valence-electron chi connectivity index (χ3n) is 4.36. The summed E-state index contributed by atoms with van der Waals surface area (Å²) in [7, 11) is 0. The summed E-state index contributed by atoms with van der Waals surface area (Å²) in [6, 6.07) is 17.9. The lowest BCUT2D eigenvalue weighted by Crippen LogP contribution is -2.15. The molecule has 0 N–H and O–H groups in total. The maximum Gasteiger partial charge on any atom is 0.278 e. The number of aromatic nitrogens is 2. The molecule has 1 aromatic heterocycles. The molecule has 0 saturated heterocycles. The molecule has 0 radical (unpaired) electrons. The highest BCUT2D eigenvalue weighted by Gasteiger charge is 2.19. The number of carbonyl (C=O) groups is 1. The Balaban J connectivity index is 1.93. The number of nitrogens with zero attached hydrogens (tertiary/aromatic N) is 2. The minimum absolute atomic E-state index is 0.0814. The molecule has 0 spiro atoms. The molecule has 0 saturated carbocycles. The predicted molar refractivity (Wildman–Crippen MR) is 97.4 cm³/mol. The summed E-state index contributed by atoms with van der Waals surface area (Å²) >= 11 is 0. The molecule has 3 aromatic rings. The van der Waals surface area contributed by atoms with Crippen molar-refractivity contribution in [2.24, 2.45) is 0 Å². The monoisotopic (exact) mass is 318 g/mol. The van der Waals surface area contributed by atoms with Crippen molar-refractivity contribution in [3.8, 4) is 11.1 Å². The van der Waals surface area contributed by atoms with Gasteiger partial charge in [0.15, 0.2) is 0 Å². The Hall–Kier alpha value is -2.68. The second-order valence-corrected chi connectivity index (χ2v) is 6.40. The van der Waals surface area contributed by atoms with Gasteiger partial charge in [0, 0.05) is 11.3 Å². The second kappa shape index (κ2) is 6.44. The van der Waals surface area contributed by atoms with Gasteiger partial charge in [-0.3, -0.25) is 4.79 Å². The van der Waals surface area contributed by atoms with Crippen LogP contribution in [0.5, 0.6) is 0 Å². The molecule has 0 bridgehead atoms. The van der Waals surface area contributed by atoms with Gasteiger partial charge in [-0.25, -0.2) is 4.68 Å². The Bertz CT molecular complexity index is 859. The van der Waals surface area contributed by atoms with Gasteiger partial charge in [0.05, 0.1) is 5.69 Å². The third-order valence-corrected chi connectivity index (χ3v) is 4.36. The van der Waals surface area contributed by atoms with Crippen LogP contribution in [0.15, 0.2) is 54.6 Å². The van der Waals surface area contributed by atoms with Crippen molar-refractivity contribution < 1.29 is 4.79 Å². The molecule has 3 nitrogen and oxygen atoms in total.